The van der Waals surface area contributed by atoms with E-state index in [1.54, 1.807) is 0 Å². The zero-order chi connectivity index (χ0) is 14.7. The number of fused-ring (bicyclic) bond motifs is 1. The molecule has 114 valence electrons. The lowest BCUT2D eigenvalue weighted by atomic mass is 10.1. The molecule has 2 heterocycles. The fourth-order valence-corrected chi connectivity index (χ4v) is 3.18. The van der Waals surface area contributed by atoms with Crippen molar-refractivity contribution in [3.63, 3.8) is 0 Å². The van der Waals surface area contributed by atoms with Crippen molar-refractivity contribution < 1.29 is 0 Å². The molecular weight excluding hydrogens is 262 g/mol. The first-order valence-electron chi connectivity index (χ1n) is 8.15. The van der Waals surface area contributed by atoms with Gasteiger partial charge in [-0.2, -0.15) is 9.61 Å². The van der Waals surface area contributed by atoms with Gasteiger partial charge in [0.15, 0.2) is 5.65 Å². The van der Waals surface area contributed by atoms with Crippen LogP contribution in [0.5, 0.6) is 0 Å². The maximum Gasteiger partial charge on any atom is 0.157 e. The van der Waals surface area contributed by atoms with Gasteiger partial charge in [0.25, 0.3) is 0 Å². The van der Waals surface area contributed by atoms with E-state index < -0.39 is 0 Å². The molecule has 2 aromatic rings. The quantitative estimate of drug-likeness (QED) is 0.857. The van der Waals surface area contributed by atoms with E-state index in [9.17, 15) is 0 Å². The molecule has 3 N–H and O–H groups in total. The van der Waals surface area contributed by atoms with Gasteiger partial charge >= 0.3 is 0 Å². The third kappa shape index (κ3) is 3.02. The smallest absolute Gasteiger partial charge is 0.157 e. The number of nitrogens with zero attached hydrogens (tertiary/aromatic N) is 3. The highest BCUT2D eigenvalue weighted by Crippen LogP contribution is 2.34. The molecular formula is C16H25N5. The number of rotatable bonds is 6. The van der Waals surface area contributed by atoms with Crippen LogP contribution in [0, 0.1) is 0 Å². The monoisotopic (exact) mass is 287 g/mol. The summed E-state index contributed by atoms with van der Waals surface area (Å²) in [5.74, 6) is 1.63. The average Bonchev–Trinajstić information content (AvgIpc) is 3.13. The molecule has 5 nitrogen and oxygen atoms in total. The van der Waals surface area contributed by atoms with Crippen LogP contribution in [0.25, 0.3) is 5.65 Å². The summed E-state index contributed by atoms with van der Waals surface area (Å²) in [4.78, 5) is 4.75. The maximum atomic E-state index is 5.61. The number of aromatic nitrogens is 3. The Morgan fingerprint density at radius 1 is 1.33 bits per heavy atom. The van der Waals surface area contributed by atoms with Crippen LogP contribution in [0.15, 0.2) is 12.1 Å². The van der Waals surface area contributed by atoms with Gasteiger partial charge in [-0.1, -0.05) is 26.2 Å². The minimum atomic E-state index is 0.615. The third-order valence-electron chi connectivity index (χ3n) is 4.23. The lowest BCUT2D eigenvalue weighted by molar-refractivity contribution is 0.684. The molecule has 2 aromatic heterocycles. The molecule has 5 heteroatoms. The molecule has 1 fully saturated rings. The van der Waals surface area contributed by atoms with Gasteiger partial charge in [0, 0.05) is 36.8 Å². The highest BCUT2D eigenvalue weighted by molar-refractivity contribution is 5.51. The topological polar surface area (TPSA) is 68.2 Å². The molecule has 0 saturated heterocycles. The number of aryl methyl sites for hydroxylation is 1. The van der Waals surface area contributed by atoms with E-state index in [2.05, 4.69) is 24.4 Å². The van der Waals surface area contributed by atoms with Crippen LogP contribution in [0.3, 0.4) is 0 Å². The molecule has 3 rings (SSSR count). The molecule has 0 bridgehead atoms. The predicted molar refractivity (Wildman–Crippen MR) is 85.7 cm³/mol. The summed E-state index contributed by atoms with van der Waals surface area (Å²) in [5, 5.41) is 8.18. The van der Waals surface area contributed by atoms with Crippen LogP contribution in [0.2, 0.25) is 0 Å². The third-order valence-corrected chi connectivity index (χ3v) is 4.23. The second-order valence-corrected chi connectivity index (χ2v) is 5.92. The minimum absolute atomic E-state index is 0.615. The number of nitrogens with one attached hydrogen (secondary N) is 1. The van der Waals surface area contributed by atoms with Crippen LogP contribution >= 0.6 is 0 Å². The van der Waals surface area contributed by atoms with Crippen LogP contribution < -0.4 is 11.1 Å². The van der Waals surface area contributed by atoms with Crippen LogP contribution in [0.1, 0.15) is 56.3 Å². The summed E-state index contributed by atoms with van der Waals surface area (Å²) < 4.78 is 1.95. The van der Waals surface area contributed by atoms with Crippen molar-refractivity contribution in [2.75, 3.05) is 18.4 Å². The highest BCUT2D eigenvalue weighted by Gasteiger charge is 2.21. The number of hydrogen-bond acceptors (Lipinski definition) is 4. The van der Waals surface area contributed by atoms with Crippen molar-refractivity contribution >= 4 is 11.5 Å². The molecule has 0 unspecified atom stereocenters. The molecule has 21 heavy (non-hydrogen) atoms. The average molecular weight is 287 g/mol. The van der Waals surface area contributed by atoms with Gasteiger partial charge in [-0.05, 0) is 19.3 Å². The van der Waals surface area contributed by atoms with Crippen molar-refractivity contribution in [2.24, 2.45) is 5.73 Å². The van der Waals surface area contributed by atoms with Crippen molar-refractivity contribution in [3.05, 3.63) is 23.5 Å². The Balaban J connectivity index is 1.99. The Hall–Kier alpha value is -1.62. The van der Waals surface area contributed by atoms with Gasteiger partial charge in [-0.3, -0.25) is 0 Å². The van der Waals surface area contributed by atoms with E-state index in [0.29, 0.717) is 12.5 Å². The van der Waals surface area contributed by atoms with Gasteiger partial charge in [0.1, 0.15) is 5.82 Å². The number of nitrogens with two attached hydrogens (primary N) is 1. The molecule has 1 saturated carbocycles. The van der Waals surface area contributed by atoms with Crippen molar-refractivity contribution in [1.29, 1.82) is 0 Å². The van der Waals surface area contributed by atoms with Gasteiger partial charge in [-0.25, -0.2) is 4.98 Å². The Bertz CT molecular complexity index is 598. The summed E-state index contributed by atoms with van der Waals surface area (Å²) in [6, 6.07) is 4.28. The fraction of sp³-hybridized carbons (Fsp3) is 0.625. The van der Waals surface area contributed by atoms with E-state index in [4.69, 9.17) is 15.8 Å². The molecule has 0 aliphatic heterocycles. The minimum Gasteiger partial charge on any atom is -0.369 e. The van der Waals surface area contributed by atoms with Gasteiger partial charge in [-0.15, -0.1) is 0 Å². The van der Waals surface area contributed by atoms with Crippen LogP contribution in [0.4, 0.5) is 5.82 Å². The first-order chi connectivity index (χ1) is 10.3. The fourth-order valence-electron chi connectivity index (χ4n) is 3.18. The zero-order valence-corrected chi connectivity index (χ0v) is 12.8. The van der Waals surface area contributed by atoms with Crippen molar-refractivity contribution in [1.82, 2.24) is 14.6 Å². The zero-order valence-electron chi connectivity index (χ0n) is 12.8. The summed E-state index contributed by atoms with van der Waals surface area (Å²) in [6.07, 6.45) is 7.27. The number of hydrogen-bond donors (Lipinski definition) is 2. The van der Waals surface area contributed by atoms with Gasteiger partial charge in [0.05, 0.1) is 5.69 Å². The summed E-state index contributed by atoms with van der Waals surface area (Å²) >= 11 is 0. The van der Waals surface area contributed by atoms with Gasteiger partial charge in [0.2, 0.25) is 0 Å². The SMILES string of the molecule is CCCc1cc(NCCN)n2nc(C3CCCC3)cc2n1. The number of anilines is 1. The Morgan fingerprint density at radius 3 is 2.86 bits per heavy atom. The lowest BCUT2D eigenvalue weighted by Crippen LogP contribution is -2.16. The molecule has 0 amide bonds. The standard InChI is InChI=1S/C16H25N5/c1-2-5-13-10-15(18-9-8-17)21-16(19-13)11-14(20-21)12-6-3-4-7-12/h10-12,18H,2-9,17H2,1H3. The molecule has 1 aliphatic rings. The lowest BCUT2D eigenvalue weighted by Gasteiger charge is -2.09. The molecule has 0 atom stereocenters. The van der Waals surface area contributed by atoms with E-state index in [-0.39, 0.29) is 0 Å². The molecule has 0 aromatic carbocycles. The molecule has 0 spiro atoms. The van der Waals surface area contributed by atoms with Crippen LogP contribution in [-0.2, 0) is 6.42 Å². The molecule has 0 radical (unpaired) electrons. The van der Waals surface area contributed by atoms with Gasteiger partial charge < -0.3 is 11.1 Å². The first-order valence-corrected chi connectivity index (χ1v) is 8.15. The van der Waals surface area contributed by atoms with Crippen LogP contribution in [-0.4, -0.2) is 27.7 Å². The largest absolute Gasteiger partial charge is 0.369 e. The van der Waals surface area contributed by atoms with Crippen molar-refractivity contribution in [2.45, 2.75) is 51.4 Å². The Labute approximate surface area is 125 Å². The summed E-state index contributed by atoms with van der Waals surface area (Å²) in [7, 11) is 0. The van der Waals surface area contributed by atoms with E-state index in [1.165, 1.54) is 31.4 Å². The first kappa shape index (κ1) is 14.3. The molecule has 1 aliphatic carbocycles. The normalized spacial score (nSPS) is 15.9. The predicted octanol–water partition coefficient (Wildman–Crippen LogP) is 2.71. The highest BCUT2D eigenvalue weighted by atomic mass is 15.3. The van der Waals surface area contributed by atoms with E-state index >= 15 is 0 Å². The van der Waals surface area contributed by atoms with E-state index in [0.717, 1.165) is 36.5 Å². The van der Waals surface area contributed by atoms with Crippen molar-refractivity contribution in [3.8, 4) is 0 Å². The summed E-state index contributed by atoms with van der Waals surface area (Å²) in [5.41, 5.74) is 8.90. The Kier molecular flexibility index (Phi) is 4.39. The van der Waals surface area contributed by atoms with E-state index in [1.807, 2.05) is 4.52 Å². The Morgan fingerprint density at radius 2 is 2.14 bits per heavy atom. The summed E-state index contributed by atoms with van der Waals surface area (Å²) in [6.45, 7) is 3.55. The second kappa shape index (κ2) is 6.43. The maximum absolute atomic E-state index is 5.61. The second-order valence-electron chi connectivity index (χ2n) is 5.92.